The molecule has 1 N–H and O–H groups in total. The number of nitrogens with zero attached hydrogens (tertiary/aromatic N) is 1. The van der Waals surface area contributed by atoms with Crippen molar-refractivity contribution in [3.8, 4) is 0 Å². The van der Waals surface area contributed by atoms with Crippen LogP contribution in [0.2, 0.25) is 0 Å². The predicted molar refractivity (Wildman–Crippen MR) is 75.6 cm³/mol. The second kappa shape index (κ2) is 7.64. The molecule has 1 unspecified atom stereocenters. The fraction of sp³-hybridized carbons (Fsp3) is 0.600. The van der Waals surface area contributed by atoms with Crippen molar-refractivity contribution in [2.75, 3.05) is 26.7 Å². The Morgan fingerprint density at radius 1 is 1.25 bits per heavy atom. The number of halogens is 3. The molecular formula is C15H23F3N2. The quantitative estimate of drug-likeness (QED) is 0.823. The SMILES string of the molecule is CCCN(CC)CC(NC)c1cccc(C(F)(F)F)c1. The summed E-state index contributed by atoms with van der Waals surface area (Å²) in [5.74, 6) is 0. The van der Waals surface area contributed by atoms with E-state index in [0.717, 1.165) is 25.6 Å². The van der Waals surface area contributed by atoms with Gasteiger partial charge >= 0.3 is 6.18 Å². The zero-order valence-corrected chi connectivity index (χ0v) is 12.3. The first-order chi connectivity index (χ1) is 9.42. The van der Waals surface area contributed by atoms with Gasteiger partial charge in [-0.25, -0.2) is 0 Å². The molecule has 1 aromatic rings. The Morgan fingerprint density at radius 2 is 1.95 bits per heavy atom. The van der Waals surface area contributed by atoms with Gasteiger partial charge in [0, 0.05) is 12.6 Å². The Bertz CT molecular complexity index is 404. The number of hydrogen-bond donors (Lipinski definition) is 1. The average Bonchev–Trinajstić information content (AvgIpc) is 2.42. The van der Waals surface area contributed by atoms with Crippen LogP contribution in [0.1, 0.15) is 37.4 Å². The monoisotopic (exact) mass is 288 g/mol. The molecule has 20 heavy (non-hydrogen) atoms. The molecule has 0 saturated carbocycles. The van der Waals surface area contributed by atoms with Gasteiger partial charge in [-0.1, -0.05) is 26.0 Å². The van der Waals surface area contributed by atoms with Crippen molar-refractivity contribution < 1.29 is 13.2 Å². The normalized spacial score (nSPS) is 13.8. The van der Waals surface area contributed by atoms with Crippen molar-refractivity contribution in [1.82, 2.24) is 10.2 Å². The minimum absolute atomic E-state index is 0.0937. The van der Waals surface area contributed by atoms with Crippen LogP contribution >= 0.6 is 0 Å². The summed E-state index contributed by atoms with van der Waals surface area (Å²) in [6, 6.07) is 5.47. The number of rotatable bonds is 7. The van der Waals surface area contributed by atoms with E-state index in [9.17, 15) is 13.2 Å². The van der Waals surface area contributed by atoms with E-state index in [1.54, 1.807) is 13.1 Å². The van der Waals surface area contributed by atoms with Crippen LogP contribution in [-0.2, 0) is 6.18 Å². The minimum atomic E-state index is -4.29. The average molecular weight is 288 g/mol. The van der Waals surface area contributed by atoms with Crippen LogP contribution in [0.3, 0.4) is 0 Å². The summed E-state index contributed by atoms with van der Waals surface area (Å²) in [5.41, 5.74) is 0.0886. The lowest BCUT2D eigenvalue weighted by Gasteiger charge is -2.26. The van der Waals surface area contributed by atoms with E-state index in [0.29, 0.717) is 12.1 Å². The van der Waals surface area contributed by atoms with Crippen molar-refractivity contribution in [2.45, 2.75) is 32.5 Å². The lowest BCUT2D eigenvalue weighted by molar-refractivity contribution is -0.137. The molecule has 0 aliphatic heterocycles. The van der Waals surface area contributed by atoms with Crippen LogP contribution in [0.25, 0.3) is 0 Å². The summed E-state index contributed by atoms with van der Waals surface area (Å²) in [7, 11) is 1.78. The van der Waals surface area contributed by atoms with Crippen molar-refractivity contribution in [2.24, 2.45) is 0 Å². The topological polar surface area (TPSA) is 15.3 Å². The van der Waals surface area contributed by atoms with Crippen molar-refractivity contribution in [1.29, 1.82) is 0 Å². The molecule has 1 atom stereocenters. The number of hydrogen-bond acceptors (Lipinski definition) is 2. The zero-order chi connectivity index (χ0) is 15.2. The van der Waals surface area contributed by atoms with E-state index in [2.05, 4.69) is 24.1 Å². The smallest absolute Gasteiger partial charge is 0.312 e. The Labute approximate surface area is 119 Å². The van der Waals surface area contributed by atoms with Gasteiger partial charge in [0.1, 0.15) is 0 Å². The van der Waals surface area contributed by atoms with Gasteiger partial charge in [0.25, 0.3) is 0 Å². The third kappa shape index (κ3) is 4.80. The first-order valence-electron chi connectivity index (χ1n) is 6.99. The van der Waals surface area contributed by atoms with E-state index in [-0.39, 0.29) is 6.04 Å². The van der Waals surface area contributed by atoms with Crippen LogP contribution in [0.15, 0.2) is 24.3 Å². The molecule has 0 aliphatic rings. The Balaban J connectivity index is 2.89. The molecule has 2 nitrogen and oxygen atoms in total. The summed E-state index contributed by atoms with van der Waals surface area (Å²) in [6.45, 7) is 6.72. The highest BCUT2D eigenvalue weighted by Gasteiger charge is 2.31. The number of nitrogens with one attached hydrogen (secondary N) is 1. The van der Waals surface area contributed by atoms with Gasteiger partial charge in [-0.2, -0.15) is 13.2 Å². The molecular weight excluding hydrogens is 265 g/mol. The Kier molecular flexibility index (Phi) is 6.49. The first kappa shape index (κ1) is 17.0. The molecule has 1 aromatic carbocycles. The molecule has 0 aliphatic carbocycles. The Hall–Kier alpha value is -1.07. The zero-order valence-electron chi connectivity index (χ0n) is 12.3. The minimum Gasteiger partial charge on any atom is -0.312 e. The van der Waals surface area contributed by atoms with E-state index in [4.69, 9.17) is 0 Å². The predicted octanol–water partition coefficient (Wildman–Crippen LogP) is 3.70. The molecule has 0 amide bonds. The van der Waals surface area contributed by atoms with Crippen LogP contribution in [0, 0.1) is 0 Å². The van der Waals surface area contributed by atoms with Gasteiger partial charge in [-0.3, -0.25) is 0 Å². The van der Waals surface area contributed by atoms with Crippen molar-refractivity contribution in [3.63, 3.8) is 0 Å². The highest BCUT2D eigenvalue weighted by Crippen LogP contribution is 2.30. The molecule has 0 bridgehead atoms. The van der Waals surface area contributed by atoms with E-state index >= 15 is 0 Å². The summed E-state index contributed by atoms with van der Waals surface area (Å²) in [4.78, 5) is 2.24. The molecule has 0 fully saturated rings. The summed E-state index contributed by atoms with van der Waals surface area (Å²) >= 11 is 0. The Morgan fingerprint density at radius 3 is 2.45 bits per heavy atom. The molecule has 0 aromatic heterocycles. The lowest BCUT2D eigenvalue weighted by Crippen LogP contribution is -2.34. The van der Waals surface area contributed by atoms with Crippen LogP contribution in [-0.4, -0.2) is 31.6 Å². The molecule has 0 spiro atoms. The summed E-state index contributed by atoms with van der Waals surface area (Å²) in [5, 5.41) is 3.11. The van der Waals surface area contributed by atoms with E-state index in [1.807, 2.05) is 0 Å². The maximum atomic E-state index is 12.8. The number of likely N-dealkylation sites (N-methyl/N-ethyl adjacent to an activating group) is 2. The molecule has 114 valence electrons. The molecule has 0 heterocycles. The maximum absolute atomic E-state index is 12.8. The molecule has 1 rings (SSSR count). The van der Waals surface area contributed by atoms with Gasteiger partial charge in [0.05, 0.1) is 5.56 Å². The van der Waals surface area contributed by atoms with Gasteiger partial charge in [0.15, 0.2) is 0 Å². The van der Waals surface area contributed by atoms with E-state index in [1.165, 1.54) is 12.1 Å². The van der Waals surface area contributed by atoms with Crippen LogP contribution < -0.4 is 5.32 Å². The van der Waals surface area contributed by atoms with Crippen molar-refractivity contribution >= 4 is 0 Å². The first-order valence-corrected chi connectivity index (χ1v) is 6.99. The number of alkyl halides is 3. The molecule has 0 saturated heterocycles. The standard InChI is InChI=1S/C15H23F3N2/c1-4-9-20(5-2)11-14(19-3)12-7-6-8-13(10-12)15(16,17)18/h6-8,10,14,19H,4-5,9,11H2,1-3H3. The lowest BCUT2D eigenvalue weighted by atomic mass is 10.0. The molecule has 0 radical (unpaired) electrons. The number of benzene rings is 1. The van der Waals surface area contributed by atoms with Crippen LogP contribution in [0.4, 0.5) is 13.2 Å². The largest absolute Gasteiger partial charge is 0.416 e. The van der Waals surface area contributed by atoms with Gasteiger partial charge in [-0.05, 0) is 44.3 Å². The fourth-order valence-corrected chi connectivity index (χ4v) is 2.25. The highest BCUT2D eigenvalue weighted by atomic mass is 19.4. The third-order valence-electron chi connectivity index (χ3n) is 3.39. The fourth-order valence-electron chi connectivity index (χ4n) is 2.25. The second-order valence-corrected chi connectivity index (χ2v) is 4.86. The highest BCUT2D eigenvalue weighted by molar-refractivity contribution is 5.28. The van der Waals surface area contributed by atoms with Gasteiger partial charge < -0.3 is 10.2 Å². The second-order valence-electron chi connectivity index (χ2n) is 4.86. The maximum Gasteiger partial charge on any atom is 0.416 e. The van der Waals surface area contributed by atoms with Crippen LogP contribution in [0.5, 0.6) is 0 Å². The summed E-state index contributed by atoms with van der Waals surface area (Å²) < 4.78 is 38.3. The van der Waals surface area contributed by atoms with E-state index < -0.39 is 11.7 Å². The van der Waals surface area contributed by atoms with Gasteiger partial charge in [-0.15, -0.1) is 0 Å². The molecule has 5 heteroatoms. The van der Waals surface area contributed by atoms with Crippen molar-refractivity contribution in [3.05, 3.63) is 35.4 Å². The third-order valence-corrected chi connectivity index (χ3v) is 3.39. The van der Waals surface area contributed by atoms with Gasteiger partial charge in [0.2, 0.25) is 0 Å². The summed E-state index contributed by atoms with van der Waals surface area (Å²) in [6.07, 6.45) is -3.25.